The molecule has 1 rings (SSSR count). The Kier molecular flexibility index (Phi) is 1.98. The minimum Gasteiger partial charge on any atom is -0.202 e. The van der Waals surface area contributed by atoms with Crippen LogP contribution in [0.15, 0.2) is 24.3 Å². The third kappa shape index (κ3) is 2.04. The first kappa shape index (κ1) is 8.24. The van der Waals surface area contributed by atoms with Crippen LogP contribution in [0.1, 0.15) is 12.5 Å². The molecule has 0 amide bonds. The topological polar surface area (TPSA) is 0 Å². The highest BCUT2D eigenvalue weighted by atomic mass is 19.3. The van der Waals surface area contributed by atoms with Gasteiger partial charge in [-0.25, -0.2) is 8.78 Å². The summed E-state index contributed by atoms with van der Waals surface area (Å²) in [5, 5.41) is 0. The molecule has 1 aromatic rings. The monoisotopic (exact) mass is 154 g/mol. The number of hydrogen-bond acceptors (Lipinski definition) is 0. The van der Waals surface area contributed by atoms with E-state index in [-0.39, 0.29) is 5.56 Å². The Bertz CT molecular complexity index is 235. The minimum atomic E-state index is -2.71. The van der Waals surface area contributed by atoms with Gasteiger partial charge in [-0.3, -0.25) is 0 Å². The van der Waals surface area contributed by atoms with Crippen molar-refractivity contribution in [1.82, 2.24) is 0 Å². The van der Waals surface area contributed by atoms with E-state index >= 15 is 0 Å². The van der Waals surface area contributed by atoms with Gasteiger partial charge < -0.3 is 0 Å². The summed E-state index contributed by atoms with van der Waals surface area (Å²) in [7, 11) is 1.87. The quantitative estimate of drug-likeness (QED) is 0.530. The van der Waals surface area contributed by atoms with Crippen molar-refractivity contribution < 1.29 is 8.78 Å². The lowest BCUT2D eigenvalue weighted by molar-refractivity contribution is 0.0175. The van der Waals surface area contributed by atoms with Crippen LogP contribution >= 0.6 is 0 Å². The van der Waals surface area contributed by atoms with Crippen LogP contribution in [-0.4, -0.2) is 7.85 Å². The molecule has 0 aromatic heterocycles. The Morgan fingerprint density at radius 2 is 1.64 bits per heavy atom. The third-order valence-electron chi connectivity index (χ3n) is 1.56. The Labute approximate surface area is 65.6 Å². The van der Waals surface area contributed by atoms with Crippen LogP contribution in [0.3, 0.4) is 0 Å². The van der Waals surface area contributed by atoms with Crippen molar-refractivity contribution in [3.63, 3.8) is 0 Å². The van der Waals surface area contributed by atoms with Crippen LogP contribution in [0.2, 0.25) is 0 Å². The Hall–Kier alpha value is -0.855. The highest BCUT2D eigenvalue weighted by Crippen LogP contribution is 2.25. The summed E-state index contributed by atoms with van der Waals surface area (Å²) in [4.78, 5) is 0. The van der Waals surface area contributed by atoms with E-state index in [4.69, 9.17) is 0 Å². The van der Waals surface area contributed by atoms with Crippen LogP contribution in [0.5, 0.6) is 0 Å². The van der Waals surface area contributed by atoms with Gasteiger partial charge in [-0.1, -0.05) is 29.7 Å². The first-order chi connectivity index (χ1) is 5.00. The molecule has 0 N–H and O–H groups in total. The number of alkyl halides is 2. The van der Waals surface area contributed by atoms with E-state index < -0.39 is 5.92 Å². The van der Waals surface area contributed by atoms with Gasteiger partial charge in [0, 0.05) is 12.5 Å². The minimum absolute atomic E-state index is 0.0723. The Morgan fingerprint density at radius 1 is 1.18 bits per heavy atom. The molecule has 0 aliphatic carbocycles. The molecule has 0 aliphatic rings. The average Bonchev–Trinajstić information content (AvgIpc) is 1.86. The van der Waals surface area contributed by atoms with Crippen molar-refractivity contribution in [2.75, 3.05) is 0 Å². The zero-order valence-corrected chi connectivity index (χ0v) is 6.57. The summed E-state index contributed by atoms with van der Waals surface area (Å²) in [6, 6.07) is 6.28. The second kappa shape index (κ2) is 2.64. The van der Waals surface area contributed by atoms with Gasteiger partial charge in [0.25, 0.3) is 5.92 Å². The van der Waals surface area contributed by atoms with E-state index in [2.05, 4.69) is 0 Å². The maximum absolute atomic E-state index is 12.6. The van der Waals surface area contributed by atoms with Gasteiger partial charge in [0.1, 0.15) is 7.85 Å². The zero-order valence-electron chi connectivity index (χ0n) is 6.57. The molecule has 0 atom stereocenters. The van der Waals surface area contributed by atoms with Gasteiger partial charge in [0.2, 0.25) is 0 Å². The van der Waals surface area contributed by atoms with E-state index in [1.165, 1.54) is 12.1 Å². The van der Waals surface area contributed by atoms with Crippen molar-refractivity contribution in [2.45, 2.75) is 12.8 Å². The van der Waals surface area contributed by atoms with Crippen LogP contribution in [0, 0.1) is 0 Å². The lowest BCUT2D eigenvalue weighted by atomic mass is 9.94. The normalized spacial score (nSPS) is 11.5. The molecule has 3 heteroatoms. The SMILES string of the molecule is Bc1ccc(C(C)(F)F)cc1. The summed E-state index contributed by atoms with van der Waals surface area (Å²) in [5.74, 6) is -2.71. The lowest BCUT2D eigenvalue weighted by Gasteiger charge is -2.09. The molecule has 0 saturated heterocycles. The van der Waals surface area contributed by atoms with Crippen molar-refractivity contribution in [1.29, 1.82) is 0 Å². The molecule has 0 spiro atoms. The fraction of sp³-hybridized carbons (Fsp3) is 0.250. The lowest BCUT2D eigenvalue weighted by Crippen LogP contribution is -2.09. The van der Waals surface area contributed by atoms with Gasteiger partial charge in [0.05, 0.1) is 0 Å². The van der Waals surface area contributed by atoms with Crippen LogP contribution in [0.25, 0.3) is 0 Å². The smallest absolute Gasteiger partial charge is 0.202 e. The summed E-state index contributed by atoms with van der Waals surface area (Å²) in [6.07, 6.45) is 0. The van der Waals surface area contributed by atoms with Gasteiger partial charge in [-0.15, -0.1) is 0 Å². The maximum atomic E-state index is 12.6. The molecule has 0 unspecified atom stereocenters. The van der Waals surface area contributed by atoms with E-state index in [0.29, 0.717) is 0 Å². The van der Waals surface area contributed by atoms with Gasteiger partial charge in [0.15, 0.2) is 0 Å². The highest BCUT2D eigenvalue weighted by molar-refractivity contribution is 6.32. The van der Waals surface area contributed by atoms with Gasteiger partial charge >= 0.3 is 0 Å². The Balaban J connectivity index is 2.99. The summed E-state index contributed by atoms with van der Waals surface area (Å²) < 4.78 is 25.2. The predicted octanol–water partition coefficient (Wildman–Crippen LogP) is 1.06. The van der Waals surface area contributed by atoms with Gasteiger partial charge in [-0.05, 0) is 0 Å². The molecule has 0 saturated carbocycles. The molecule has 1 aromatic carbocycles. The van der Waals surface area contributed by atoms with E-state index in [9.17, 15) is 8.78 Å². The summed E-state index contributed by atoms with van der Waals surface area (Å²) >= 11 is 0. The number of halogens is 2. The number of benzene rings is 1. The van der Waals surface area contributed by atoms with E-state index in [1.807, 2.05) is 7.85 Å². The average molecular weight is 154 g/mol. The highest BCUT2D eigenvalue weighted by Gasteiger charge is 2.23. The summed E-state index contributed by atoms with van der Waals surface area (Å²) in [6.45, 7) is 0.900. The van der Waals surface area contributed by atoms with Crippen LogP contribution in [0.4, 0.5) is 8.78 Å². The van der Waals surface area contributed by atoms with E-state index in [0.717, 1.165) is 12.4 Å². The third-order valence-corrected chi connectivity index (χ3v) is 1.56. The first-order valence-electron chi connectivity index (χ1n) is 3.45. The van der Waals surface area contributed by atoms with Crippen LogP contribution < -0.4 is 5.46 Å². The Morgan fingerprint density at radius 3 is 2.00 bits per heavy atom. The molecule has 11 heavy (non-hydrogen) atoms. The second-order valence-corrected chi connectivity index (χ2v) is 2.75. The predicted molar refractivity (Wildman–Crippen MR) is 44.2 cm³/mol. The first-order valence-corrected chi connectivity index (χ1v) is 3.45. The summed E-state index contributed by atoms with van der Waals surface area (Å²) in [5.41, 5.74) is 1.07. The largest absolute Gasteiger partial charge is 0.270 e. The molecule has 58 valence electrons. The van der Waals surface area contributed by atoms with Gasteiger partial charge in [-0.2, -0.15) is 0 Å². The number of hydrogen-bond donors (Lipinski definition) is 0. The molecular formula is C8H9BF2. The van der Waals surface area contributed by atoms with Crippen molar-refractivity contribution in [3.8, 4) is 0 Å². The van der Waals surface area contributed by atoms with Crippen molar-refractivity contribution >= 4 is 13.3 Å². The van der Waals surface area contributed by atoms with Crippen LogP contribution in [-0.2, 0) is 5.92 Å². The molecule has 0 aliphatic heterocycles. The van der Waals surface area contributed by atoms with Crippen molar-refractivity contribution in [3.05, 3.63) is 29.8 Å². The zero-order chi connectivity index (χ0) is 8.48. The molecule has 0 nitrogen and oxygen atoms in total. The molecule has 0 radical (unpaired) electrons. The standard InChI is InChI=1S/C8H9BF2/c1-8(10,11)6-2-4-7(9)5-3-6/h2-5H,9H2,1H3. The fourth-order valence-corrected chi connectivity index (χ4v) is 0.846. The molecular weight excluding hydrogens is 145 g/mol. The maximum Gasteiger partial charge on any atom is 0.270 e. The number of rotatable bonds is 1. The van der Waals surface area contributed by atoms with E-state index in [1.54, 1.807) is 12.1 Å². The van der Waals surface area contributed by atoms with Crippen molar-refractivity contribution in [2.24, 2.45) is 0 Å². The fourth-order valence-electron chi connectivity index (χ4n) is 0.846. The second-order valence-electron chi connectivity index (χ2n) is 2.75. The molecule has 0 fully saturated rings. The molecule has 0 heterocycles. The molecule has 0 bridgehead atoms.